The minimum atomic E-state index is -0.602. The smallest absolute Gasteiger partial charge is 0.0925 e. The van der Waals surface area contributed by atoms with Crippen molar-refractivity contribution in [3.8, 4) is 0 Å². The van der Waals surface area contributed by atoms with Crippen LogP contribution in [0.5, 0.6) is 0 Å². The highest BCUT2D eigenvalue weighted by atomic mass is 79.9. The number of aliphatic hydroxyl groups excluding tert-OH is 4. The maximum Gasteiger partial charge on any atom is 0.0925 e. The fourth-order valence-corrected chi connectivity index (χ4v) is 1.95. The van der Waals surface area contributed by atoms with Crippen LogP contribution in [-0.4, -0.2) is 93.1 Å². The van der Waals surface area contributed by atoms with E-state index in [1.807, 2.05) is 6.92 Å². The highest BCUT2D eigenvalue weighted by molar-refractivity contribution is 9.12. The maximum absolute atomic E-state index is 9.46. The lowest BCUT2D eigenvalue weighted by molar-refractivity contribution is -0.00218. The number of alkyl halides is 2. The van der Waals surface area contributed by atoms with E-state index in [9.17, 15) is 10.2 Å². The number of hydrogen-bond acceptors (Lipinski definition) is 6. The molecular formula is C17H40Br2N2O4. The highest BCUT2D eigenvalue weighted by Gasteiger charge is 2.16. The van der Waals surface area contributed by atoms with Gasteiger partial charge in [0.2, 0.25) is 0 Å². The summed E-state index contributed by atoms with van der Waals surface area (Å²) in [6.45, 7) is 14.8. The first kappa shape index (κ1) is 30.4. The van der Waals surface area contributed by atoms with Crippen molar-refractivity contribution < 1.29 is 20.4 Å². The highest BCUT2D eigenvalue weighted by Crippen LogP contribution is 2.12. The normalized spacial score (nSPS) is 15.4. The third kappa shape index (κ3) is 20.9. The standard InChI is InChI=1S/C9H21NO2.C4H8Br2O2.C4H11N/c1-4-8(11)9(12)7-10(5-2)6-3;5-3(1-7)4(6)2-8;1-3-5-4-2/h8-9,11-12H,4-7H2,1-3H3;3-4,7-8H,1-2H2;5H,3-4H2,1-2H3. The number of nitrogens with one attached hydrogen (secondary N) is 1. The molecule has 156 valence electrons. The lowest BCUT2D eigenvalue weighted by atomic mass is 10.1. The Morgan fingerprint density at radius 3 is 1.40 bits per heavy atom. The van der Waals surface area contributed by atoms with Crippen LogP contribution in [0.2, 0.25) is 0 Å². The van der Waals surface area contributed by atoms with Crippen LogP contribution in [0, 0.1) is 0 Å². The number of aliphatic hydroxyl groups is 4. The predicted octanol–water partition coefficient (Wildman–Crippen LogP) is 1.57. The summed E-state index contributed by atoms with van der Waals surface area (Å²) < 4.78 is 0. The van der Waals surface area contributed by atoms with E-state index in [1.54, 1.807) is 0 Å². The maximum atomic E-state index is 9.46. The Kier molecular flexibility index (Phi) is 27.7. The van der Waals surface area contributed by atoms with Gasteiger partial charge in [0.05, 0.1) is 35.1 Å². The number of rotatable bonds is 11. The lowest BCUT2D eigenvalue weighted by Gasteiger charge is -2.24. The molecule has 0 saturated heterocycles. The molecule has 4 atom stereocenters. The predicted molar refractivity (Wildman–Crippen MR) is 114 cm³/mol. The molecule has 5 N–H and O–H groups in total. The lowest BCUT2D eigenvalue weighted by Crippen LogP contribution is -2.38. The van der Waals surface area contributed by atoms with Crippen LogP contribution < -0.4 is 5.32 Å². The van der Waals surface area contributed by atoms with Crippen LogP contribution >= 0.6 is 31.9 Å². The summed E-state index contributed by atoms with van der Waals surface area (Å²) in [6.07, 6.45) is -0.567. The van der Waals surface area contributed by atoms with Gasteiger partial charge in [-0.1, -0.05) is 66.5 Å². The van der Waals surface area contributed by atoms with E-state index in [4.69, 9.17) is 10.2 Å². The third-order valence-corrected chi connectivity index (χ3v) is 6.01. The summed E-state index contributed by atoms with van der Waals surface area (Å²) in [6, 6.07) is 0. The molecule has 0 aromatic rings. The summed E-state index contributed by atoms with van der Waals surface area (Å²) in [5.41, 5.74) is 0. The van der Waals surface area contributed by atoms with Crippen molar-refractivity contribution in [2.75, 3.05) is 45.9 Å². The Hall–Kier alpha value is 0.720. The molecular weight excluding hydrogens is 456 g/mol. The van der Waals surface area contributed by atoms with Gasteiger partial charge in [0, 0.05) is 6.54 Å². The molecule has 8 heteroatoms. The van der Waals surface area contributed by atoms with E-state index >= 15 is 0 Å². The van der Waals surface area contributed by atoms with Crippen molar-refractivity contribution in [1.29, 1.82) is 0 Å². The van der Waals surface area contributed by atoms with Gasteiger partial charge < -0.3 is 30.6 Å². The first-order valence-corrected chi connectivity index (χ1v) is 10.9. The quantitative estimate of drug-likeness (QED) is 0.279. The minimum absolute atomic E-state index is 0.0382. The zero-order valence-electron chi connectivity index (χ0n) is 16.5. The van der Waals surface area contributed by atoms with Crippen LogP contribution in [0.4, 0.5) is 0 Å². The van der Waals surface area contributed by atoms with Crippen LogP contribution in [0.25, 0.3) is 0 Å². The van der Waals surface area contributed by atoms with Gasteiger partial charge in [-0.25, -0.2) is 0 Å². The Labute approximate surface area is 171 Å². The largest absolute Gasteiger partial charge is 0.395 e. The molecule has 0 heterocycles. The van der Waals surface area contributed by atoms with E-state index in [2.05, 4.69) is 69.8 Å². The van der Waals surface area contributed by atoms with Gasteiger partial charge >= 0.3 is 0 Å². The molecule has 0 fully saturated rings. The van der Waals surface area contributed by atoms with Crippen LogP contribution in [0.15, 0.2) is 0 Å². The van der Waals surface area contributed by atoms with Crippen molar-refractivity contribution in [3.05, 3.63) is 0 Å². The summed E-state index contributed by atoms with van der Waals surface area (Å²) in [7, 11) is 0. The SMILES string of the molecule is CCC(O)C(O)CN(CC)CC.CCNCC.OCC(Br)C(Br)CO. The molecule has 6 nitrogen and oxygen atoms in total. The summed E-state index contributed by atoms with van der Waals surface area (Å²) in [5, 5.41) is 38.8. The van der Waals surface area contributed by atoms with Crippen molar-refractivity contribution in [2.24, 2.45) is 0 Å². The van der Waals surface area contributed by atoms with Crippen LogP contribution in [0.3, 0.4) is 0 Å². The second-order valence-corrected chi connectivity index (χ2v) is 7.74. The molecule has 0 aromatic heterocycles. The number of halogens is 2. The van der Waals surface area contributed by atoms with Gasteiger partial charge in [0.15, 0.2) is 0 Å². The summed E-state index contributed by atoms with van der Waals surface area (Å²) in [4.78, 5) is 2.00. The van der Waals surface area contributed by atoms with Crippen molar-refractivity contribution in [2.45, 2.75) is 62.9 Å². The van der Waals surface area contributed by atoms with E-state index in [0.717, 1.165) is 26.2 Å². The van der Waals surface area contributed by atoms with Gasteiger partial charge in [0.1, 0.15) is 0 Å². The average molecular weight is 496 g/mol. The van der Waals surface area contributed by atoms with Crippen LogP contribution in [0.1, 0.15) is 41.0 Å². The van der Waals surface area contributed by atoms with Crippen LogP contribution in [-0.2, 0) is 0 Å². The van der Waals surface area contributed by atoms with Gasteiger partial charge in [-0.3, -0.25) is 0 Å². The second-order valence-electron chi connectivity index (χ2n) is 5.38. The first-order valence-electron chi connectivity index (χ1n) is 9.08. The van der Waals surface area contributed by atoms with Crippen molar-refractivity contribution in [3.63, 3.8) is 0 Å². The molecule has 0 aliphatic heterocycles. The number of hydrogen-bond donors (Lipinski definition) is 5. The Balaban J connectivity index is -0.000000321. The average Bonchev–Trinajstić information content (AvgIpc) is 2.65. The first-order chi connectivity index (χ1) is 11.8. The molecule has 0 saturated carbocycles. The molecule has 4 unspecified atom stereocenters. The zero-order chi connectivity index (χ0) is 20.3. The minimum Gasteiger partial charge on any atom is -0.395 e. The fraction of sp³-hybridized carbons (Fsp3) is 1.00. The molecule has 0 radical (unpaired) electrons. The molecule has 0 spiro atoms. The van der Waals surface area contributed by atoms with Crippen molar-refractivity contribution >= 4 is 31.9 Å². The molecule has 0 aliphatic rings. The van der Waals surface area contributed by atoms with E-state index in [-0.39, 0.29) is 22.9 Å². The molecule has 0 rings (SSSR count). The Morgan fingerprint density at radius 1 is 0.800 bits per heavy atom. The van der Waals surface area contributed by atoms with Gasteiger partial charge in [0.25, 0.3) is 0 Å². The summed E-state index contributed by atoms with van der Waals surface area (Å²) in [5.74, 6) is 0. The second kappa shape index (κ2) is 22.8. The molecule has 0 amide bonds. The molecule has 25 heavy (non-hydrogen) atoms. The fourth-order valence-electron chi connectivity index (χ4n) is 1.62. The molecule has 0 bridgehead atoms. The van der Waals surface area contributed by atoms with Gasteiger partial charge in [-0.15, -0.1) is 0 Å². The third-order valence-electron chi connectivity index (χ3n) is 3.44. The topological polar surface area (TPSA) is 96.2 Å². The number of nitrogens with zero attached hydrogens (tertiary/aromatic N) is 1. The van der Waals surface area contributed by atoms with E-state index < -0.39 is 12.2 Å². The number of likely N-dealkylation sites (N-methyl/N-ethyl adjacent to an activating group) is 1. The molecule has 0 aliphatic carbocycles. The van der Waals surface area contributed by atoms with E-state index in [0.29, 0.717) is 13.0 Å². The van der Waals surface area contributed by atoms with Gasteiger partial charge in [-0.05, 0) is 32.6 Å². The van der Waals surface area contributed by atoms with Crippen molar-refractivity contribution in [1.82, 2.24) is 10.2 Å². The zero-order valence-corrected chi connectivity index (χ0v) is 19.6. The van der Waals surface area contributed by atoms with E-state index in [1.165, 1.54) is 0 Å². The summed E-state index contributed by atoms with van der Waals surface area (Å²) >= 11 is 6.29. The Morgan fingerprint density at radius 2 is 1.20 bits per heavy atom. The Bertz CT molecular complexity index is 241. The monoisotopic (exact) mass is 494 g/mol. The van der Waals surface area contributed by atoms with Gasteiger partial charge in [-0.2, -0.15) is 0 Å². The molecule has 0 aromatic carbocycles.